The summed E-state index contributed by atoms with van der Waals surface area (Å²) in [5.74, 6) is 0.298. The van der Waals surface area contributed by atoms with Gasteiger partial charge in [-0.3, -0.25) is 13.9 Å². The topological polar surface area (TPSA) is 87.6 Å². The Balaban J connectivity index is 1.95. The summed E-state index contributed by atoms with van der Waals surface area (Å²) in [6, 6.07) is 13.2. The van der Waals surface area contributed by atoms with Crippen molar-refractivity contribution in [3.63, 3.8) is 0 Å². The maximum Gasteiger partial charge on any atom is 0.331 e. The first-order valence-corrected chi connectivity index (χ1v) is 10.7. The lowest BCUT2D eigenvalue weighted by Crippen LogP contribution is -2.37. The summed E-state index contributed by atoms with van der Waals surface area (Å²) in [4.78, 5) is 26.3. The molecular weight excluding hydrogens is 422 g/mol. The van der Waals surface area contributed by atoms with E-state index in [0.29, 0.717) is 41.1 Å². The van der Waals surface area contributed by atoms with E-state index in [0.717, 1.165) is 21.4 Å². The zero-order valence-corrected chi connectivity index (χ0v) is 19.0. The highest BCUT2D eigenvalue weighted by atomic mass is 16.5. The number of methoxy groups -OCH3 is 1. The van der Waals surface area contributed by atoms with Gasteiger partial charge in [-0.25, -0.2) is 4.79 Å². The smallest absolute Gasteiger partial charge is 0.331 e. The van der Waals surface area contributed by atoms with Crippen molar-refractivity contribution >= 4 is 10.9 Å². The van der Waals surface area contributed by atoms with Crippen molar-refractivity contribution in [2.45, 2.75) is 19.6 Å². The first kappa shape index (κ1) is 21.1. The number of aromatic hydroxyl groups is 1. The van der Waals surface area contributed by atoms with Crippen LogP contribution >= 0.6 is 0 Å². The summed E-state index contributed by atoms with van der Waals surface area (Å²) >= 11 is 0. The minimum Gasteiger partial charge on any atom is -0.504 e. The van der Waals surface area contributed by atoms with E-state index < -0.39 is 11.8 Å². The molecule has 170 valence electrons. The van der Waals surface area contributed by atoms with Crippen molar-refractivity contribution in [1.82, 2.24) is 13.7 Å². The Kier molecular flexibility index (Phi) is 4.90. The quantitative estimate of drug-likeness (QED) is 0.522. The molecule has 3 heterocycles. The number of hydrogen-bond acceptors (Lipinski definition) is 5. The van der Waals surface area contributed by atoms with Crippen LogP contribution in [0.5, 0.6) is 11.5 Å². The molecule has 8 nitrogen and oxygen atoms in total. The molecular formula is C25H25N3O5. The SMILES string of the molecule is COc1cccc(C2OCCn3c(-c4cccc(C)c4)c4c(=O)n(C)c(=O)n(C)c4c32)c1O. The second-order valence-corrected chi connectivity index (χ2v) is 8.33. The molecule has 2 aromatic heterocycles. The highest BCUT2D eigenvalue weighted by Gasteiger charge is 2.34. The van der Waals surface area contributed by atoms with Crippen molar-refractivity contribution < 1.29 is 14.6 Å². The van der Waals surface area contributed by atoms with E-state index in [1.165, 1.54) is 18.7 Å². The maximum absolute atomic E-state index is 13.4. The van der Waals surface area contributed by atoms with Gasteiger partial charge in [0.15, 0.2) is 11.5 Å². The van der Waals surface area contributed by atoms with Gasteiger partial charge >= 0.3 is 5.69 Å². The molecule has 1 atom stereocenters. The fourth-order valence-corrected chi connectivity index (χ4v) is 4.82. The van der Waals surface area contributed by atoms with Gasteiger partial charge in [-0.2, -0.15) is 0 Å². The van der Waals surface area contributed by atoms with Gasteiger partial charge < -0.3 is 19.1 Å². The Morgan fingerprint density at radius 2 is 1.85 bits per heavy atom. The van der Waals surface area contributed by atoms with Crippen LogP contribution in [0.25, 0.3) is 22.2 Å². The fourth-order valence-electron chi connectivity index (χ4n) is 4.82. The molecule has 5 rings (SSSR count). The van der Waals surface area contributed by atoms with Crippen molar-refractivity contribution in [2.24, 2.45) is 14.1 Å². The van der Waals surface area contributed by atoms with Crippen LogP contribution in [0.2, 0.25) is 0 Å². The van der Waals surface area contributed by atoms with Crippen LogP contribution in [-0.4, -0.2) is 32.5 Å². The number of phenolic OH excluding ortho intramolecular Hbond substituents is 1. The Bertz CT molecular complexity index is 1530. The maximum atomic E-state index is 13.4. The monoisotopic (exact) mass is 447 g/mol. The largest absolute Gasteiger partial charge is 0.504 e. The van der Waals surface area contributed by atoms with Gasteiger partial charge in [0.1, 0.15) is 6.10 Å². The lowest BCUT2D eigenvalue weighted by Gasteiger charge is -2.28. The van der Waals surface area contributed by atoms with Gasteiger partial charge in [0.2, 0.25) is 0 Å². The molecule has 0 fully saturated rings. The summed E-state index contributed by atoms with van der Waals surface area (Å²) in [5.41, 5.74) is 3.59. The Morgan fingerprint density at radius 1 is 1.09 bits per heavy atom. The van der Waals surface area contributed by atoms with Crippen LogP contribution in [0.1, 0.15) is 22.9 Å². The van der Waals surface area contributed by atoms with E-state index in [-0.39, 0.29) is 11.3 Å². The van der Waals surface area contributed by atoms with Gasteiger partial charge in [-0.15, -0.1) is 0 Å². The third-order valence-corrected chi connectivity index (χ3v) is 6.38. The van der Waals surface area contributed by atoms with Crippen LogP contribution in [0.15, 0.2) is 52.1 Å². The van der Waals surface area contributed by atoms with Crippen molar-refractivity contribution in [1.29, 1.82) is 0 Å². The number of para-hydroxylation sites is 1. The predicted octanol–water partition coefficient (Wildman–Crippen LogP) is 2.85. The first-order valence-electron chi connectivity index (χ1n) is 10.7. The number of aromatic nitrogens is 3. The van der Waals surface area contributed by atoms with E-state index in [4.69, 9.17) is 9.47 Å². The van der Waals surface area contributed by atoms with E-state index in [2.05, 4.69) is 0 Å². The molecule has 1 unspecified atom stereocenters. The minimum atomic E-state index is -0.687. The fraction of sp³-hybridized carbons (Fsp3) is 0.280. The van der Waals surface area contributed by atoms with E-state index in [1.54, 1.807) is 25.2 Å². The molecule has 1 N–H and O–H groups in total. The number of rotatable bonds is 3. The summed E-state index contributed by atoms with van der Waals surface area (Å²) in [6.07, 6.45) is -0.687. The van der Waals surface area contributed by atoms with Crippen LogP contribution in [0.4, 0.5) is 0 Å². The molecule has 1 aliphatic heterocycles. The number of aryl methyl sites for hydroxylation is 2. The minimum absolute atomic E-state index is 0.0289. The number of ether oxygens (including phenoxy) is 2. The first-order chi connectivity index (χ1) is 15.8. The zero-order valence-electron chi connectivity index (χ0n) is 19.0. The van der Waals surface area contributed by atoms with Crippen molar-refractivity contribution in [2.75, 3.05) is 13.7 Å². The summed E-state index contributed by atoms with van der Waals surface area (Å²) in [7, 11) is 4.63. The van der Waals surface area contributed by atoms with Gasteiger partial charge in [-0.1, -0.05) is 35.9 Å². The van der Waals surface area contributed by atoms with Crippen molar-refractivity contribution in [3.05, 3.63) is 80.1 Å². The lowest BCUT2D eigenvalue weighted by atomic mass is 10.0. The molecule has 8 heteroatoms. The molecule has 0 saturated heterocycles. The average Bonchev–Trinajstić information content (AvgIpc) is 3.17. The average molecular weight is 447 g/mol. The lowest BCUT2D eigenvalue weighted by molar-refractivity contribution is 0.0462. The number of phenols is 1. The third-order valence-electron chi connectivity index (χ3n) is 6.38. The molecule has 0 amide bonds. The van der Waals surface area contributed by atoms with Crippen LogP contribution in [-0.2, 0) is 25.4 Å². The highest BCUT2D eigenvalue weighted by Crippen LogP contribution is 2.44. The number of nitrogens with zero attached hydrogens (tertiary/aromatic N) is 3. The van der Waals surface area contributed by atoms with Crippen molar-refractivity contribution in [3.8, 4) is 22.8 Å². The molecule has 0 aliphatic carbocycles. The van der Waals surface area contributed by atoms with Crippen LogP contribution in [0, 0.1) is 6.92 Å². The molecule has 0 saturated carbocycles. The molecule has 33 heavy (non-hydrogen) atoms. The number of fused-ring (bicyclic) bond motifs is 3. The number of hydrogen-bond donors (Lipinski definition) is 1. The van der Waals surface area contributed by atoms with Gasteiger partial charge in [0, 0.05) is 26.2 Å². The molecule has 2 aromatic carbocycles. The Labute approximate surface area is 189 Å². The molecule has 0 radical (unpaired) electrons. The molecule has 4 aromatic rings. The Hall–Kier alpha value is -3.78. The normalized spacial score (nSPS) is 15.6. The highest BCUT2D eigenvalue weighted by molar-refractivity contribution is 5.96. The molecule has 0 bridgehead atoms. The van der Waals surface area contributed by atoms with E-state index >= 15 is 0 Å². The summed E-state index contributed by atoms with van der Waals surface area (Å²) < 4.78 is 16.1. The van der Waals surface area contributed by atoms with Gasteiger partial charge in [0.25, 0.3) is 5.56 Å². The van der Waals surface area contributed by atoms with E-state index in [1.807, 2.05) is 35.8 Å². The van der Waals surface area contributed by atoms with Gasteiger partial charge in [-0.05, 0) is 24.6 Å². The molecule has 0 spiro atoms. The standard InChI is InChI=1S/C25H25N3O5/c1-14-7-5-8-15(13-14)19-18-20(26(2)25(31)27(3)24(18)30)21-23(33-12-11-28(19)21)16-9-6-10-17(32-4)22(16)29/h5-10,13,23,29H,11-12H2,1-4H3. The zero-order chi connectivity index (χ0) is 23.4. The van der Waals surface area contributed by atoms with Crippen LogP contribution in [0.3, 0.4) is 0 Å². The summed E-state index contributed by atoms with van der Waals surface area (Å²) in [5, 5.41) is 11.3. The second kappa shape index (κ2) is 7.67. The van der Waals surface area contributed by atoms with E-state index in [9.17, 15) is 14.7 Å². The Morgan fingerprint density at radius 3 is 2.58 bits per heavy atom. The molecule has 1 aliphatic rings. The predicted molar refractivity (Wildman–Crippen MR) is 125 cm³/mol. The second-order valence-electron chi connectivity index (χ2n) is 8.33. The summed E-state index contributed by atoms with van der Waals surface area (Å²) in [6.45, 7) is 2.88. The van der Waals surface area contributed by atoms with Gasteiger partial charge in [0.05, 0.1) is 36.0 Å². The third kappa shape index (κ3) is 3.01. The number of benzene rings is 2. The van der Waals surface area contributed by atoms with Crippen LogP contribution < -0.4 is 16.0 Å².